The number of phenols is 1. The molecule has 0 spiro atoms. The minimum absolute atomic E-state index is 0.0562. The average Bonchev–Trinajstić information content (AvgIpc) is 3.08. The Labute approximate surface area is 147 Å². The number of aldehydes is 1. The van der Waals surface area contributed by atoms with Gasteiger partial charge in [-0.1, -0.05) is 12.7 Å². The number of methoxy groups -OCH3 is 1. The number of aliphatic hydroxyl groups excluding tert-OH is 1. The molecule has 0 saturated carbocycles. The van der Waals surface area contributed by atoms with Gasteiger partial charge < -0.3 is 19.4 Å². The highest BCUT2D eigenvalue weighted by atomic mass is 16.5. The molecule has 0 unspecified atom stereocenters. The van der Waals surface area contributed by atoms with Gasteiger partial charge in [0, 0.05) is 6.07 Å². The number of ether oxygens (including phenoxy) is 1. The number of nitrogens with zero attached hydrogens (tertiary/aromatic N) is 1. The summed E-state index contributed by atoms with van der Waals surface area (Å²) in [4.78, 5) is 12.2. The molecule has 0 saturated heterocycles. The number of phenolic OH excluding ortho intramolecular Hbond substituents is 1. The SMILES string of the molecule is C=C/C=C(\O)CN(C)Cc1ccco1.COc1ccc(C=O)c(O)c1. The quantitative estimate of drug-likeness (QED) is 0.454. The molecule has 0 atom stereocenters. The van der Waals surface area contributed by atoms with Crippen molar-refractivity contribution in [1.29, 1.82) is 0 Å². The summed E-state index contributed by atoms with van der Waals surface area (Å²) in [7, 11) is 3.41. The summed E-state index contributed by atoms with van der Waals surface area (Å²) < 4.78 is 10.0. The van der Waals surface area contributed by atoms with Crippen molar-refractivity contribution in [3.05, 3.63) is 72.4 Å². The van der Waals surface area contributed by atoms with Crippen LogP contribution < -0.4 is 4.74 Å². The number of hydrogen-bond acceptors (Lipinski definition) is 6. The maximum Gasteiger partial charge on any atom is 0.153 e. The summed E-state index contributed by atoms with van der Waals surface area (Å²) in [5.41, 5.74) is 0.269. The van der Waals surface area contributed by atoms with Crippen LogP contribution in [0, 0.1) is 0 Å². The number of aromatic hydroxyl groups is 1. The topological polar surface area (TPSA) is 83.1 Å². The minimum Gasteiger partial charge on any atom is -0.511 e. The standard InChI is InChI=1S/C11H15NO2.C8H8O3/c1-3-5-10(13)8-12(2)9-11-6-4-7-14-11;1-11-7-3-2-6(5-9)8(10)4-7/h3-7,13H,1,8-9H2,2H3;2-5,10H,1H3/b10-5-;. The van der Waals surface area contributed by atoms with Crippen molar-refractivity contribution in [1.82, 2.24) is 4.90 Å². The molecule has 0 bridgehead atoms. The van der Waals surface area contributed by atoms with Gasteiger partial charge in [-0.15, -0.1) is 0 Å². The lowest BCUT2D eigenvalue weighted by Crippen LogP contribution is -2.20. The van der Waals surface area contributed by atoms with E-state index in [0.717, 1.165) is 5.76 Å². The van der Waals surface area contributed by atoms with Crippen LogP contribution in [0.25, 0.3) is 0 Å². The first kappa shape index (κ1) is 20.1. The largest absolute Gasteiger partial charge is 0.511 e. The molecular weight excluding hydrogens is 322 g/mol. The molecular formula is C19H23NO5. The number of rotatable bonds is 7. The average molecular weight is 345 g/mol. The minimum atomic E-state index is -0.0562. The highest BCUT2D eigenvalue weighted by Crippen LogP contribution is 2.21. The van der Waals surface area contributed by atoms with Gasteiger partial charge in [0.1, 0.15) is 23.0 Å². The molecule has 2 rings (SSSR count). The Kier molecular flexibility index (Phi) is 8.60. The Hall–Kier alpha value is -2.99. The van der Waals surface area contributed by atoms with Crippen LogP contribution >= 0.6 is 0 Å². The van der Waals surface area contributed by atoms with Crippen LogP contribution in [0.2, 0.25) is 0 Å². The fourth-order valence-electron chi connectivity index (χ4n) is 1.94. The number of furan rings is 1. The molecule has 0 amide bonds. The van der Waals surface area contributed by atoms with Crippen molar-refractivity contribution in [2.45, 2.75) is 6.54 Å². The van der Waals surface area contributed by atoms with Crippen LogP contribution in [0.1, 0.15) is 16.1 Å². The highest BCUT2D eigenvalue weighted by molar-refractivity contribution is 5.79. The second kappa shape index (κ2) is 10.7. The zero-order valence-corrected chi connectivity index (χ0v) is 14.4. The van der Waals surface area contributed by atoms with E-state index in [1.165, 1.54) is 19.2 Å². The van der Waals surface area contributed by atoms with E-state index >= 15 is 0 Å². The van der Waals surface area contributed by atoms with E-state index in [4.69, 9.17) is 14.3 Å². The molecule has 1 aromatic carbocycles. The van der Waals surface area contributed by atoms with E-state index in [-0.39, 0.29) is 11.3 Å². The number of likely N-dealkylation sites (N-methyl/N-ethyl adjacent to an activating group) is 1. The smallest absolute Gasteiger partial charge is 0.153 e. The number of aliphatic hydroxyl groups is 1. The van der Waals surface area contributed by atoms with Crippen molar-refractivity contribution < 1.29 is 24.2 Å². The van der Waals surface area contributed by atoms with Gasteiger partial charge in [0.25, 0.3) is 0 Å². The number of carbonyl (C=O) groups is 1. The van der Waals surface area contributed by atoms with Crippen molar-refractivity contribution >= 4 is 6.29 Å². The first-order chi connectivity index (χ1) is 12.0. The second-order valence-electron chi connectivity index (χ2n) is 5.19. The van der Waals surface area contributed by atoms with Gasteiger partial charge in [0.05, 0.1) is 32.0 Å². The zero-order valence-electron chi connectivity index (χ0n) is 14.4. The Bertz CT molecular complexity index is 692. The summed E-state index contributed by atoms with van der Waals surface area (Å²) in [6, 6.07) is 8.27. The van der Waals surface area contributed by atoms with Crippen LogP contribution in [0.3, 0.4) is 0 Å². The molecule has 0 radical (unpaired) electrons. The molecule has 6 heteroatoms. The van der Waals surface area contributed by atoms with Crippen molar-refractivity contribution in [3.63, 3.8) is 0 Å². The lowest BCUT2D eigenvalue weighted by atomic mass is 10.2. The molecule has 25 heavy (non-hydrogen) atoms. The van der Waals surface area contributed by atoms with Gasteiger partial charge in [-0.25, -0.2) is 0 Å². The molecule has 0 aliphatic heterocycles. The van der Waals surface area contributed by atoms with E-state index in [1.807, 2.05) is 24.1 Å². The van der Waals surface area contributed by atoms with E-state index < -0.39 is 0 Å². The Morgan fingerprint density at radius 1 is 1.40 bits per heavy atom. The molecule has 1 aromatic heterocycles. The molecule has 0 fully saturated rings. The maximum atomic E-state index is 10.2. The number of allylic oxidation sites excluding steroid dienone is 2. The lowest BCUT2D eigenvalue weighted by Gasteiger charge is -2.13. The van der Waals surface area contributed by atoms with Gasteiger partial charge >= 0.3 is 0 Å². The van der Waals surface area contributed by atoms with Crippen LogP contribution in [-0.2, 0) is 6.54 Å². The molecule has 134 valence electrons. The van der Waals surface area contributed by atoms with E-state index in [9.17, 15) is 9.90 Å². The van der Waals surface area contributed by atoms with Gasteiger partial charge in [0.15, 0.2) is 6.29 Å². The zero-order chi connectivity index (χ0) is 18.7. The van der Waals surface area contributed by atoms with Crippen LogP contribution in [-0.4, -0.2) is 42.1 Å². The number of benzene rings is 1. The predicted octanol–water partition coefficient (Wildman–Crippen LogP) is 3.55. The monoisotopic (exact) mass is 345 g/mol. The van der Waals surface area contributed by atoms with E-state index in [0.29, 0.717) is 30.9 Å². The summed E-state index contributed by atoms with van der Waals surface area (Å²) >= 11 is 0. The molecule has 0 aliphatic carbocycles. The van der Waals surface area contributed by atoms with Crippen LogP contribution in [0.4, 0.5) is 0 Å². The Balaban J connectivity index is 0.000000257. The summed E-state index contributed by atoms with van der Waals surface area (Å²) in [6.45, 7) is 4.69. The van der Waals surface area contributed by atoms with Crippen molar-refractivity contribution in [2.24, 2.45) is 0 Å². The first-order valence-corrected chi connectivity index (χ1v) is 7.53. The number of hydrogen-bond donors (Lipinski definition) is 2. The third-order valence-corrected chi connectivity index (χ3v) is 3.11. The summed E-state index contributed by atoms with van der Waals surface area (Å²) in [5, 5.41) is 18.5. The Morgan fingerprint density at radius 2 is 2.16 bits per heavy atom. The van der Waals surface area contributed by atoms with Crippen LogP contribution in [0.5, 0.6) is 11.5 Å². The van der Waals surface area contributed by atoms with Crippen molar-refractivity contribution in [2.75, 3.05) is 20.7 Å². The molecule has 1 heterocycles. The molecule has 0 aliphatic rings. The Morgan fingerprint density at radius 3 is 2.68 bits per heavy atom. The fraction of sp³-hybridized carbons (Fsp3) is 0.211. The fourth-order valence-corrected chi connectivity index (χ4v) is 1.94. The van der Waals surface area contributed by atoms with E-state index in [1.54, 1.807) is 24.5 Å². The third-order valence-electron chi connectivity index (χ3n) is 3.11. The van der Waals surface area contributed by atoms with Gasteiger partial charge in [-0.3, -0.25) is 9.69 Å². The van der Waals surface area contributed by atoms with Gasteiger partial charge in [0.2, 0.25) is 0 Å². The summed E-state index contributed by atoms with van der Waals surface area (Å²) in [5.74, 6) is 1.67. The normalized spacial score (nSPS) is 10.8. The molecule has 2 aromatic rings. The van der Waals surface area contributed by atoms with Gasteiger partial charge in [-0.05, 0) is 37.4 Å². The van der Waals surface area contributed by atoms with Gasteiger partial charge in [-0.2, -0.15) is 0 Å². The third kappa shape index (κ3) is 7.41. The molecule has 6 nitrogen and oxygen atoms in total. The predicted molar refractivity (Wildman–Crippen MR) is 96.0 cm³/mol. The lowest BCUT2D eigenvalue weighted by molar-refractivity contribution is 0.112. The highest BCUT2D eigenvalue weighted by Gasteiger charge is 2.03. The van der Waals surface area contributed by atoms with E-state index in [2.05, 4.69) is 6.58 Å². The molecule has 2 N–H and O–H groups in total. The van der Waals surface area contributed by atoms with Crippen molar-refractivity contribution in [3.8, 4) is 11.5 Å². The first-order valence-electron chi connectivity index (χ1n) is 7.53. The number of carbonyl (C=O) groups excluding carboxylic acids is 1. The second-order valence-corrected chi connectivity index (χ2v) is 5.19. The summed E-state index contributed by atoms with van der Waals surface area (Å²) in [6.07, 6.45) is 5.38. The maximum absolute atomic E-state index is 10.2. The van der Waals surface area contributed by atoms with Crippen LogP contribution in [0.15, 0.2) is 65.5 Å².